The van der Waals surface area contributed by atoms with Crippen LogP contribution in [-0.2, 0) is 0 Å². The van der Waals surface area contributed by atoms with Gasteiger partial charge in [0.2, 0.25) is 0 Å². The lowest BCUT2D eigenvalue weighted by molar-refractivity contribution is 0.654. The standard InChI is InChI=1S/C8H11F/c1-5-6(2)7(3)8(4)9/h5H,1,4H2,2-3H3/b7-6-. The predicted molar refractivity (Wildman–Crippen MR) is 38.8 cm³/mol. The lowest BCUT2D eigenvalue weighted by atomic mass is 10.1. The zero-order chi connectivity index (χ0) is 7.44. The number of hydrogen-bond donors (Lipinski definition) is 0. The third kappa shape index (κ3) is 2.27. The third-order valence-corrected chi connectivity index (χ3v) is 1.30. The first-order valence-electron chi connectivity index (χ1n) is 2.74. The van der Waals surface area contributed by atoms with Crippen LogP contribution >= 0.6 is 0 Å². The van der Waals surface area contributed by atoms with Crippen LogP contribution in [-0.4, -0.2) is 0 Å². The third-order valence-electron chi connectivity index (χ3n) is 1.30. The summed E-state index contributed by atoms with van der Waals surface area (Å²) in [5, 5.41) is 0. The van der Waals surface area contributed by atoms with E-state index >= 15 is 0 Å². The highest BCUT2D eigenvalue weighted by Crippen LogP contribution is 2.13. The first-order valence-corrected chi connectivity index (χ1v) is 2.74. The normalized spacial score (nSPS) is 12.3. The fourth-order valence-electron chi connectivity index (χ4n) is 0.367. The van der Waals surface area contributed by atoms with Gasteiger partial charge in [-0.25, -0.2) is 4.39 Å². The van der Waals surface area contributed by atoms with Gasteiger partial charge in [-0.15, -0.1) is 0 Å². The van der Waals surface area contributed by atoms with Crippen molar-refractivity contribution in [3.63, 3.8) is 0 Å². The second-order valence-corrected chi connectivity index (χ2v) is 1.92. The molecule has 0 aromatic rings. The topological polar surface area (TPSA) is 0 Å². The fraction of sp³-hybridized carbons (Fsp3) is 0.250. The van der Waals surface area contributed by atoms with Gasteiger partial charge in [0.05, 0.1) is 0 Å². The van der Waals surface area contributed by atoms with E-state index in [1.165, 1.54) is 0 Å². The van der Waals surface area contributed by atoms with Crippen LogP contribution in [0, 0.1) is 0 Å². The van der Waals surface area contributed by atoms with Gasteiger partial charge in [-0.1, -0.05) is 19.2 Å². The maximum atomic E-state index is 12.2. The zero-order valence-electron chi connectivity index (χ0n) is 5.87. The van der Waals surface area contributed by atoms with E-state index in [0.29, 0.717) is 5.57 Å². The number of hydrogen-bond acceptors (Lipinski definition) is 0. The Kier molecular flexibility index (Phi) is 2.93. The molecule has 0 fully saturated rings. The van der Waals surface area contributed by atoms with E-state index in [4.69, 9.17) is 0 Å². The molecule has 0 saturated heterocycles. The molecule has 0 saturated carbocycles. The average molecular weight is 126 g/mol. The molecule has 0 aromatic heterocycles. The summed E-state index contributed by atoms with van der Waals surface area (Å²) in [5.74, 6) is -0.382. The van der Waals surface area contributed by atoms with Gasteiger partial charge in [0, 0.05) is 0 Å². The SMILES string of the molecule is C=C/C(C)=C(/C)C(=C)F. The molecule has 9 heavy (non-hydrogen) atoms. The molecule has 0 nitrogen and oxygen atoms in total. The van der Waals surface area contributed by atoms with Crippen LogP contribution in [0.1, 0.15) is 13.8 Å². The van der Waals surface area contributed by atoms with Crippen LogP contribution in [0.25, 0.3) is 0 Å². The quantitative estimate of drug-likeness (QED) is 0.499. The van der Waals surface area contributed by atoms with Crippen molar-refractivity contribution < 1.29 is 4.39 Å². The van der Waals surface area contributed by atoms with Gasteiger partial charge in [0.15, 0.2) is 0 Å². The maximum Gasteiger partial charge on any atom is 0.119 e. The number of halogens is 1. The van der Waals surface area contributed by atoms with E-state index < -0.39 is 0 Å². The van der Waals surface area contributed by atoms with Crippen LogP contribution in [0.4, 0.5) is 4.39 Å². The smallest absolute Gasteiger partial charge is 0.119 e. The van der Waals surface area contributed by atoms with Gasteiger partial charge < -0.3 is 0 Å². The molecule has 50 valence electrons. The Morgan fingerprint density at radius 3 is 2.00 bits per heavy atom. The van der Waals surface area contributed by atoms with Crippen molar-refractivity contribution in [2.45, 2.75) is 13.8 Å². The van der Waals surface area contributed by atoms with Crippen molar-refractivity contribution in [2.75, 3.05) is 0 Å². The van der Waals surface area contributed by atoms with Crippen LogP contribution in [0.2, 0.25) is 0 Å². The molecule has 0 atom stereocenters. The average Bonchev–Trinajstić information content (AvgIpc) is 1.84. The summed E-state index contributed by atoms with van der Waals surface area (Å²) < 4.78 is 12.2. The summed E-state index contributed by atoms with van der Waals surface area (Å²) in [6.45, 7) is 10.1. The Labute approximate surface area is 55.4 Å². The molecule has 0 bridgehead atoms. The summed E-state index contributed by atoms with van der Waals surface area (Å²) in [7, 11) is 0. The summed E-state index contributed by atoms with van der Waals surface area (Å²) in [6.07, 6.45) is 1.61. The van der Waals surface area contributed by atoms with E-state index in [9.17, 15) is 4.39 Å². The number of allylic oxidation sites excluding steroid dienone is 4. The highest BCUT2D eigenvalue weighted by atomic mass is 19.1. The van der Waals surface area contributed by atoms with Gasteiger partial charge >= 0.3 is 0 Å². The Morgan fingerprint density at radius 2 is 1.89 bits per heavy atom. The summed E-state index contributed by atoms with van der Waals surface area (Å²) in [4.78, 5) is 0. The Morgan fingerprint density at radius 1 is 1.44 bits per heavy atom. The first kappa shape index (κ1) is 8.15. The molecule has 0 radical (unpaired) electrons. The molecule has 0 aromatic carbocycles. The summed E-state index contributed by atoms with van der Waals surface area (Å²) in [6, 6.07) is 0. The molecule has 0 rings (SSSR count). The molecule has 0 unspecified atom stereocenters. The second kappa shape index (κ2) is 3.23. The predicted octanol–water partition coefficient (Wildman–Crippen LogP) is 2.99. The van der Waals surface area contributed by atoms with Gasteiger partial charge in [-0.2, -0.15) is 0 Å². The van der Waals surface area contributed by atoms with Crippen LogP contribution < -0.4 is 0 Å². The highest BCUT2D eigenvalue weighted by Gasteiger charge is 1.95. The van der Waals surface area contributed by atoms with Crippen LogP contribution in [0.5, 0.6) is 0 Å². The van der Waals surface area contributed by atoms with Crippen molar-refractivity contribution in [2.24, 2.45) is 0 Å². The monoisotopic (exact) mass is 126 g/mol. The van der Waals surface area contributed by atoms with E-state index in [-0.39, 0.29) is 5.83 Å². The van der Waals surface area contributed by atoms with E-state index in [1.807, 2.05) is 0 Å². The van der Waals surface area contributed by atoms with Gasteiger partial charge in [0.25, 0.3) is 0 Å². The van der Waals surface area contributed by atoms with Crippen molar-refractivity contribution >= 4 is 0 Å². The second-order valence-electron chi connectivity index (χ2n) is 1.92. The lowest BCUT2D eigenvalue weighted by Crippen LogP contribution is -1.78. The van der Waals surface area contributed by atoms with E-state index in [2.05, 4.69) is 13.2 Å². The van der Waals surface area contributed by atoms with Crippen LogP contribution in [0.3, 0.4) is 0 Å². The Balaban J connectivity index is 4.47. The summed E-state index contributed by atoms with van der Waals surface area (Å²) in [5.41, 5.74) is 1.41. The minimum atomic E-state index is -0.382. The Bertz CT molecular complexity index is 163. The van der Waals surface area contributed by atoms with Gasteiger partial charge in [-0.05, 0) is 25.0 Å². The van der Waals surface area contributed by atoms with Gasteiger partial charge in [0.1, 0.15) is 5.83 Å². The number of rotatable bonds is 2. The molecule has 0 N–H and O–H groups in total. The minimum Gasteiger partial charge on any atom is -0.207 e. The zero-order valence-corrected chi connectivity index (χ0v) is 5.87. The maximum absolute atomic E-state index is 12.2. The molecule has 0 heterocycles. The van der Waals surface area contributed by atoms with Crippen molar-refractivity contribution in [3.05, 3.63) is 36.2 Å². The van der Waals surface area contributed by atoms with Crippen molar-refractivity contribution in [1.82, 2.24) is 0 Å². The molecule has 0 aliphatic heterocycles. The van der Waals surface area contributed by atoms with Gasteiger partial charge in [-0.3, -0.25) is 0 Å². The fourth-order valence-corrected chi connectivity index (χ4v) is 0.367. The highest BCUT2D eigenvalue weighted by molar-refractivity contribution is 5.31. The first-order chi connectivity index (χ1) is 4.09. The molecule has 0 aliphatic rings. The van der Waals surface area contributed by atoms with Crippen molar-refractivity contribution in [3.8, 4) is 0 Å². The van der Waals surface area contributed by atoms with Crippen molar-refractivity contribution in [1.29, 1.82) is 0 Å². The van der Waals surface area contributed by atoms with E-state index in [1.54, 1.807) is 19.9 Å². The lowest BCUT2D eigenvalue weighted by Gasteiger charge is -1.96. The van der Waals surface area contributed by atoms with Crippen LogP contribution in [0.15, 0.2) is 36.2 Å². The molecular formula is C8H11F. The largest absolute Gasteiger partial charge is 0.207 e. The molecule has 1 heteroatoms. The molecular weight excluding hydrogens is 115 g/mol. The molecule has 0 amide bonds. The summed E-state index contributed by atoms with van der Waals surface area (Å²) >= 11 is 0. The Hall–Kier alpha value is -0.850. The molecule has 0 spiro atoms. The minimum absolute atomic E-state index is 0.382. The molecule has 0 aliphatic carbocycles. The van der Waals surface area contributed by atoms with E-state index in [0.717, 1.165) is 5.57 Å².